The molecule has 0 bridgehead atoms. The van der Waals surface area contributed by atoms with Gasteiger partial charge in [0.25, 0.3) is 5.91 Å². The maximum atomic E-state index is 11.8. The summed E-state index contributed by atoms with van der Waals surface area (Å²) in [6.07, 6.45) is 2.38. The van der Waals surface area contributed by atoms with E-state index in [9.17, 15) is 4.79 Å². The minimum absolute atomic E-state index is 0.00711. The molecule has 0 saturated carbocycles. The molecule has 1 aromatic rings. The van der Waals surface area contributed by atoms with Crippen LogP contribution in [0.25, 0.3) is 0 Å². The molecule has 1 amide bonds. The molecule has 0 aromatic heterocycles. The van der Waals surface area contributed by atoms with Crippen LogP contribution in [0.15, 0.2) is 18.2 Å². The minimum atomic E-state index is -0.00711. The molecule has 4 heteroatoms. The first-order valence-electron chi connectivity index (χ1n) is 7.07. The molecule has 104 valence electrons. The Balaban J connectivity index is 2.10. The molecule has 2 rings (SSSR count). The molecule has 1 aliphatic heterocycles. The Labute approximate surface area is 115 Å². The first-order chi connectivity index (χ1) is 9.20. The molecular weight excluding hydrogens is 238 g/mol. The van der Waals surface area contributed by atoms with Crippen LogP contribution in [0.1, 0.15) is 35.7 Å². The molecule has 0 spiro atoms. The number of hydrogen-bond acceptors (Lipinski definition) is 3. The van der Waals surface area contributed by atoms with Crippen molar-refractivity contribution in [1.29, 1.82) is 0 Å². The van der Waals surface area contributed by atoms with Crippen molar-refractivity contribution in [1.82, 2.24) is 10.6 Å². The molecule has 19 heavy (non-hydrogen) atoms. The number of rotatable bonds is 4. The second kappa shape index (κ2) is 6.57. The van der Waals surface area contributed by atoms with Gasteiger partial charge in [0.2, 0.25) is 0 Å². The van der Waals surface area contributed by atoms with Crippen LogP contribution >= 0.6 is 0 Å². The van der Waals surface area contributed by atoms with E-state index in [1.54, 1.807) is 0 Å². The number of carbonyl (C=O) groups is 1. The average molecular weight is 261 g/mol. The van der Waals surface area contributed by atoms with Crippen molar-refractivity contribution in [2.45, 2.75) is 32.7 Å². The largest absolute Gasteiger partial charge is 0.381 e. The van der Waals surface area contributed by atoms with Crippen LogP contribution in [-0.2, 0) is 0 Å². The summed E-state index contributed by atoms with van der Waals surface area (Å²) in [5.74, 6) is -0.00711. The van der Waals surface area contributed by atoms with E-state index in [4.69, 9.17) is 0 Å². The lowest BCUT2D eigenvalue weighted by molar-refractivity contribution is 0.0956. The van der Waals surface area contributed by atoms with Gasteiger partial charge in [0.1, 0.15) is 0 Å². The molecule has 1 atom stereocenters. The van der Waals surface area contributed by atoms with E-state index in [0.29, 0.717) is 12.6 Å². The van der Waals surface area contributed by atoms with E-state index >= 15 is 0 Å². The number of hydrogen-bond donors (Lipinski definition) is 3. The molecular formula is C15H23N3O. The fourth-order valence-electron chi connectivity index (χ4n) is 2.38. The normalized spacial score (nSPS) is 18.9. The van der Waals surface area contributed by atoms with Gasteiger partial charge in [-0.15, -0.1) is 0 Å². The highest BCUT2D eigenvalue weighted by Gasteiger charge is 2.14. The lowest BCUT2D eigenvalue weighted by Gasteiger charge is -2.25. The summed E-state index contributed by atoms with van der Waals surface area (Å²) >= 11 is 0. The Bertz CT molecular complexity index is 439. The number of nitrogens with one attached hydrogen (secondary N) is 3. The standard InChI is InChI=1S/C15H23N3O/c1-3-17-15(19)12-7-6-11(2)14(9-12)18-13-5-4-8-16-10-13/h6-7,9,13,16,18H,3-5,8,10H2,1-2H3,(H,17,19). The SMILES string of the molecule is CCNC(=O)c1ccc(C)c(NC2CCCNC2)c1. The summed E-state index contributed by atoms with van der Waals surface area (Å²) in [6, 6.07) is 6.29. The smallest absolute Gasteiger partial charge is 0.251 e. The van der Waals surface area contributed by atoms with Crippen LogP contribution in [0, 0.1) is 6.92 Å². The van der Waals surface area contributed by atoms with E-state index in [1.807, 2.05) is 25.1 Å². The molecule has 1 aliphatic rings. The van der Waals surface area contributed by atoms with Gasteiger partial charge in [-0.3, -0.25) is 4.79 Å². The summed E-state index contributed by atoms with van der Waals surface area (Å²) in [7, 11) is 0. The van der Waals surface area contributed by atoms with Gasteiger partial charge in [0, 0.05) is 30.4 Å². The zero-order valence-electron chi connectivity index (χ0n) is 11.8. The molecule has 1 heterocycles. The number of piperidine rings is 1. The number of anilines is 1. The van der Waals surface area contributed by atoms with E-state index in [1.165, 1.54) is 18.4 Å². The maximum Gasteiger partial charge on any atom is 0.251 e. The number of aryl methyl sites for hydroxylation is 1. The first-order valence-corrected chi connectivity index (χ1v) is 7.07. The minimum Gasteiger partial charge on any atom is -0.381 e. The predicted molar refractivity (Wildman–Crippen MR) is 78.7 cm³/mol. The van der Waals surface area contributed by atoms with E-state index in [-0.39, 0.29) is 5.91 Å². The van der Waals surface area contributed by atoms with Crippen LogP contribution in [-0.4, -0.2) is 31.6 Å². The van der Waals surface area contributed by atoms with Crippen molar-refractivity contribution in [3.05, 3.63) is 29.3 Å². The van der Waals surface area contributed by atoms with Crippen molar-refractivity contribution < 1.29 is 4.79 Å². The molecule has 4 nitrogen and oxygen atoms in total. The average Bonchev–Trinajstić information content (AvgIpc) is 2.42. The highest BCUT2D eigenvalue weighted by atomic mass is 16.1. The van der Waals surface area contributed by atoms with Crippen molar-refractivity contribution >= 4 is 11.6 Å². The molecule has 0 radical (unpaired) electrons. The lowest BCUT2D eigenvalue weighted by atomic mass is 10.0. The van der Waals surface area contributed by atoms with Gasteiger partial charge in [0.15, 0.2) is 0 Å². The van der Waals surface area contributed by atoms with Gasteiger partial charge in [-0.1, -0.05) is 6.07 Å². The highest BCUT2D eigenvalue weighted by Crippen LogP contribution is 2.19. The molecule has 3 N–H and O–H groups in total. The molecule has 1 saturated heterocycles. The third-order valence-electron chi connectivity index (χ3n) is 3.49. The Hall–Kier alpha value is -1.55. The topological polar surface area (TPSA) is 53.2 Å². The Morgan fingerprint density at radius 2 is 2.32 bits per heavy atom. The van der Waals surface area contributed by atoms with Crippen molar-refractivity contribution in [2.75, 3.05) is 25.0 Å². The zero-order chi connectivity index (χ0) is 13.7. The Morgan fingerprint density at radius 1 is 1.47 bits per heavy atom. The van der Waals surface area contributed by atoms with Crippen LogP contribution < -0.4 is 16.0 Å². The van der Waals surface area contributed by atoms with E-state index < -0.39 is 0 Å². The van der Waals surface area contributed by atoms with Crippen molar-refractivity contribution in [2.24, 2.45) is 0 Å². The number of carbonyl (C=O) groups excluding carboxylic acids is 1. The monoisotopic (exact) mass is 261 g/mol. The third-order valence-corrected chi connectivity index (χ3v) is 3.49. The Kier molecular flexibility index (Phi) is 4.80. The predicted octanol–water partition coefficient (Wildman–Crippen LogP) is 1.91. The van der Waals surface area contributed by atoms with Gasteiger partial charge in [-0.25, -0.2) is 0 Å². The Morgan fingerprint density at radius 3 is 3.00 bits per heavy atom. The van der Waals surface area contributed by atoms with Gasteiger partial charge >= 0.3 is 0 Å². The molecule has 1 fully saturated rings. The van der Waals surface area contributed by atoms with Gasteiger partial charge in [-0.05, 0) is 50.9 Å². The summed E-state index contributed by atoms with van der Waals surface area (Å²) in [5.41, 5.74) is 2.97. The lowest BCUT2D eigenvalue weighted by Crippen LogP contribution is -2.38. The van der Waals surface area contributed by atoms with Crippen molar-refractivity contribution in [3.63, 3.8) is 0 Å². The summed E-state index contributed by atoms with van der Waals surface area (Å²) in [4.78, 5) is 11.8. The second-order valence-electron chi connectivity index (χ2n) is 5.08. The number of benzene rings is 1. The van der Waals surface area contributed by atoms with Crippen LogP contribution in [0.2, 0.25) is 0 Å². The summed E-state index contributed by atoms with van der Waals surface area (Å²) in [5, 5.41) is 9.77. The zero-order valence-corrected chi connectivity index (χ0v) is 11.8. The fourth-order valence-corrected chi connectivity index (χ4v) is 2.38. The van der Waals surface area contributed by atoms with Crippen molar-refractivity contribution in [3.8, 4) is 0 Å². The maximum absolute atomic E-state index is 11.8. The van der Waals surface area contributed by atoms with Gasteiger partial charge < -0.3 is 16.0 Å². The quantitative estimate of drug-likeness (QED) is 0.776. The van der Waals surface area contributed by atoms with Gasteiger partial charge in [-0.2, -0.15) is 0 Å². The molecule has 1 unspecified atom stereocenters. The fraction of sp³-hybridized carbons (Fsp3) is 0.533. The molecule has 1 aromatic carbocycles. The summed E-state index contributed by atoms with van der Waals surface area (Å²) in [6.45, 7) is 6.75. The van der Waals surface area contributed by atoms with Crippen LogP contribution in [0.3, 0.4) is 0 Å². The van der Waals surface area contributed by atoms with Crippen LogP contribution in [0.4, 0.5) is 5.69 Å². The molecule has 0 aliphatic carbocycles. The third kappa shape index (κ3) is 3.70. The van der Waals surface area contributed by atoms with Gasteiger partial charge in [0.05, 0.1) is 0 Å². The summed E-state index contributed by atoms with van der Waals surface area (Å²) < 4.78 is 0. The second-order valence-corrected chi connectivity index (χ2v) is 5.08. The first kappa shape index (κ1) is 13.9. The van der Waals surface area contributed by atoms with E-state index in [2.05, 4.69) is 22.9 Å². The number of amides is 1. The highest BCUT2D eigenvalue weighted by molar-refractivity contribution is 5.95. The van der Waals surface area contributed by atoms with E-state index in [0.717, 1.165) is 24.3 Å². The van der Waals surface area contributed by atoms with Crippen LogP contribution in [0.5, 0.6) is 0 Å².